The highest BCUT2D eigenvalue weighted by Crippen LogP contribution is 2.35. The molecule has 0 amide bonds. The molecule has 0 saturated heterocycles. The molecule has 0 aromatic heterocycles. The molecule has 120 valence electrons. The molecular weight excluding hydrogens is 343 g/mol. The van der Waals surface area contributed by atoms with Crippen LogP contribution >= 0.6 is 23.2 Å². The van der Waals surface area contributed by atoms with Gasteiger partial charge in [0.15, 0.2) is 0 Å². The summed E-state index contributed by atoms with van der Waals surface area (Å²) in [6.45, 7) is 14.2. The summed E-state index contributed by atoms with van der Waals surface area (Å²) in [7, 11) is -2.37. The molecule has 2 rings (SSSR count). The summed E-state index contributed by atoms with van der Waals surface area (Å²) in [6.07, 6.45) is 0. The summed E-state index contributed by atoms with van der Waals surface area (Å²) in [4.78, 5) is 0. The Morgan fingerprint density at radius 3 is 1.23 bits per heavy atom. The molecule has 0 aliphatic heterocycles. The molecule has 0 radical (unpaired) electrons. The van der Waals surface area contributed by atoms with E-state index in [0.717, 1.165) is 32.9 Å². The smallest absolute Gasteiger partial charge is 0.0514 e. The number of halogens is 2. The molecule has 0 bridgehead atoms. The van der Waals surface area contributed by atoms with Gasteiger partial charge in [0.1, 0.15) is 0 Å². The van der Waals surface area contributed by atoms with E-state index in [4.69, 9.17) is 23.2 Å². The van der Waals surface area contributed by atoms with Crippen molar-refractivity contribution in [3.63, 3.8) is 0 Å². The quantitative estimate of drug-likeness (QED) is 0.510. The van der Waals surface area contributed by atoms with Gasteiger partial charge < -0.3 is 0 Å². The number of fused-ring (bicyclic) bond motifs is 1. The highest BCUT2D eigenvalue weighted by atomic mass is 35.5. The number of benzene rings is 2. The van der Waals surface area contributed by atoms with Crippen LogP contribution in [0.3, 0.4) is 0 Å². The van der Waals surface area contributed by atoms with Gasteiger partial charge in [-0.15, -0.1) is 0 Å². The molecule has 2 aromatic carbocycles. The second-order valence-electron chi connectivity index (χ2n) is 8.65. The maximum Gasteiger partial charge on any atom is 0.0514 e. The first-order valence-electron chi connectivity index (χ1n) is 7.86. The lowest BCUT2D eigenvalue weighted by atomic mass is 10.0. The van der Waals surface area contributed by atoms with Crippen molar-refractivity contribution in [3.05, 3.63) is 45.4 Å². The van der Waals surface area contributed by atoms with Crippen LogP contribution in [0.4, 0.5) is 0 Å². The van der Waals surface area contributed by atoms with Crippen molar-refractivity contribution >= 4 is 50.1 Å². The monoisotopic (exact) mass is 368 g/mol. The molecule has 0 aliphatic rings. The summed E-state index contributed by atoms with van der Waals surface area (Å²) in [5.41, 5.74) is 2.53. The minimum absolute atomic E-state index is 0.890. The van der Waals surface area contributed by atoms with Crippen LogP contribution < -0.4 is 0 Å². The molecule has 4 heteroatoms. The molecule has 0 unspecified atom stereocenters. The van der Waals surface area contributed by atoms with Crippen LogP contribution in [0, 0.1) is 0 Å². The van der Waals surface area contributed by atoms with Crippen molar-refractivity contribution in [1.29, 1.82) is 0 Å². The summed E-state index contributed by atoms with van der Waals surface area (Å²) < 4.78 is 0. The Morgan fingerprint density at radius 1 is 0.636 bits per heavy atom. The molecular formula is C18H26Cl2Si2. The Morgan fingerprint density at radius 2 is 0.955 bits per heavy atom. The lowest BCUT2D eigenvalue weighted by molar-refractivity contribution is 1.30. The molecule has 0 nitrogen and oxygen atoms in total. The van der Waals surface area contributed by atoms with Gasteiger partial charge in [0.25, 0.3) is 0 Å². The van der Waals surface area contributed by atoms with Gasteiger partial charge in [-0.3, -0.25) is 0 Å². The standard InChI is InChI=1S/C18H26Cl2Si2/c1-21(2,3)11-13-7-9-16-15(17(13)19)10-8-14(18(16)20)12-22(4,5)6/h7-10H,11-12H2,1-6H3. The van der Waals surface area contributed by atoms with Gasteiger partial charge in [0, 0.05) is 26.9 Å². The molecule has 0 atom stereocenters. The van der Waals surface area contributed by atoms with E-state index in [1.165, 1.54) is 11.1 Å². The van der Waals surface area contributed by atoms with Crippen molar-refractivity contribution in [2.24, 2.45) is 0 Å². The summed E-state index contributed by atoms with van der Waals surface area (Å²) in [5.74, 6) is 0. The predicted octanol–water partition coefficient (Wildman–Crippen LogP) is 6.99. The second-order valence-corrected chi connectivity index (χ2v) is 20.4. The van der Waals surface area contributed by atoms with Crippen LogP contribution in [0.25, 0.3) is 10.8 Å². The first-order chi connectivity index (χ1) is 9.98. The largest absolute Gasteiger partial charge is 0.0834 e. The molecule has 0 fully saturated rings. The van der Waals surface area contributed by atoms with E-state index in [9.17, 15) is 0 Å². The van der Waals surface area contributed by atoms with Crippen LogP contribution in [0.1, 0.15) is 11.1 Å². The third-order valence-electron chi connectivity index (χ3n) is 3.67. The highest BCUT2D eigenvalue weighted by molar-refractivity contribution is 6.76. The fourth-order valence-electron chi connectivity index (χ4n) is 2.84. The van der Waals surface area contributed by atoms with E-state index in [1.54, 1.807) is 0 Å². The van der Waals surface area contributed by atoms with Gasteiger partial charge in [-0.25, -0.2) is 0 Å². The third-order valence-corrected chi connectivity index (χ3v) is 7.45. The average molecular weight is 369 g/mol. The van der Waals surface area contributed by atoms with E-state index in [1.807, 2.05) is 0 Å². The third kappa shape index (κ3) is 4.38. The summed E-state index contributed by atoms with van der Waals surface area (Å²) in [6, 6.07) is 10.9. The van der Waals surface area contributed by atoms with Crippen LogP contribution in [-0.4, -0.2) is 16.1 Å². The Labute approximate surface area is 146 Å². The maximum absolute atomic E-state index is 6.68. The maximum atomic E-state index is 6.68. The SMILES string of the molecule is C[Si](C)(C)Cc1ccc2c(Cl)c(C[Si](C)(C)C)ccc2c1Cl. The van der Waals surface area contributed by atoms with Crippen molar-refractivity contribution in [2.75, 3.05) is 0 Å². The Bertz CT molecular complexity index is 634. The topological polar surface area (TPSA) is 0 Å². The van der Waals surface area contributed by atoms with Crippen molar-refractivity contribution in [3.8, 4) is 0 Å². The van der Waals surface area contributed by atoms with E-state index < -0.39 is 16.1 Å². The van der Waals surface area contributed by atoms with Crippen LogP contribution in [0.15, 0.2) is 24.3 Å². The van der Waals surface area contributed by atoms with Crippen LogP contribution in [0.5, 0.6) is 0 Å². The highest BCUT2D eigenvalue weighted by Gasteiger charge is 2.20. The van der Waals surface area contributed by atoms with Gasteiger partial charge in [-0.05, 0) is 23.2 Å². The lowest BCUT2D eigenvalue weighted by Crippen LogP contribution is -2.24. The predicted molar refractivity (Wildman–Crippen MR) is 108 cm³/mol. The molecule has 0 heterocycles. The van der Waals surface area contributed by atoms with E-state index in [2.05, 4.69) is 63.5 Å². The van der Waals surface area contributed by atoms with Gasteiger partial charge in [-0.1, -0.05) is 86.7 Å². The van der Waals surface area contributed by atoms with Crippen molar-refractivity contribution in [2.45, 2.75) is 51.4 Å². The van der Waals surface area contributed by atoms with Gasteiger partial charge >= 0.3 is 0 Å². The Hall–Kier alpha value is -0.286. The van der Waals surface area contributed by atoms with Gasteiger partial charge in [-0.2, -0.15) is 0 Å². The van der Waals surface area contributed by atoms with E-state index in [-0.39, 0.29) is 0 Å². The second kappa shape index (κ2) is 6.31. The van der Waals surface area contributed by atoms with Crippen molar-refractivity contribution in [1.82, 2.24) is 0 Å². The minimum atomic E-state index is -1.18. The van der Waals surface area contributed by atoms with E-state index in [0.29, 0.717) is 0 Å². The zero-order chi connectivity index (χ0) is 16.7. The fourth-order valence-corrected chi connectivity index (χ4v) is 6.53. The molecule has 0 aliphatic carbocycles. The molecule has 0 saturated carbocycles. The van der Waals surface area contributed by atoms with Gasteiger partial charge in [0.05, 0.1) is 10.0 Å². The average Bonchev–Trinajstić information content (AvgIpc) is 2.33. The lowest BCUT2D eigenvalue weighted by Gasteiger charge is -2.20. The zero-order valence-corrected chi connectivity index (χ0v) is 18.0. The number of hydrogen-bond acceptors (Lipinski definition) is 0. The molecule has 2 aromatic rings. The molecule has 22 heavy (non-hydrogen) atoms. The van der Waals surface area contributed by atoms with Crippen LogP contribution in [0.2, 0.25) is 49.3 Å². The van der Waals surface area contributed by atoms with Crippen molar-refractivity contribution < 1.29 is 0 Å². The molecule has 0 N–H and O–H groups in total. The summed E-state index contributed by atoms with van der Waals surface area (Å²) in [5, 5.41) is 3.98. The number of rotatable bonds is 4. The Kier molecular flexibility index (Phi) is 5.18. The first kappa shape index (κ1) is 18.1. The normalized spacial score (nSPS) is 12.9. The first-order valence-corrected chi connectivity index (χ1v) is 16.0. The number of hydrogen-bond donors (Lipinski definition) is 0. The van der Waals surface area contributed by atoms with E-state index >= 15 is 0 Å². The fraction of sp³-hybridized carbons (Fsp3) is 0.444. The minimum Gasteiger partial charge on any atom is -0.0834 e. The zero-order valence-electron chi connectivity index (χ0n) is 14.5. The van der Waals surface area contributed by atoms with Crippen LogP contribution in [-0.2, 0) is 12.1 Å². The molecule has 0 spiro atoms. The Balaban J connectivity index is 2.52. The summed E-state index contributed by atoms with van der Waals surface area (Å²) >= 11 is 13.4. The van der Waals surface area contributed by atoms with Gasteiger partial charge in [0.2, 0.25) is 0 Å².